The van der Waals surface area contributed by atoms with Crippen molar-refractivity contribution in [3.63, 3.8) is 0 Å². The van der Waals surface area contributed by atoms with Crippen LogP contribution in [0.25, 0.3) is 0 Å². The number of thiocarbonyl (C=S) groups is 1. The summed E-state index contributed by atoms with van der Waals surface area (Å²) in [5, 5.41) is 0. The molecule has 0 saturated carbocycles. The van der Waals surface area contributed by atoms with Crippen LogP contribution in [0.5, 0.6) is 5.88 Å². The van der Waals surface area contributed by atoms with Crippen molar-refractivity contribution >= 4 is 17.1 Å². The van der Waals surface area contributed by atoms with Crippen LogP contribution in [0.1, 0.15) is 42.4 Å². The van der Waals surface area contributed by atoms with Crippen LogP contribution in [-0.2, 0) is 0 Å². The summed E-state index contributed by atoms with van der Waals surface area (Å²) < 4.78 is 5.92. The van der Waals surface area contributed by atoms with E-state index in [2.05, 4.69) is 55.2 Å². The molecule has 0 saturated heterocycles. The molecule has 0 radical (unpaired) electrons. The van der Waals surface area contributed by atoms with Crippen LogP contribution in [0, 0.1) is 6.92 Å². The van der Waals surface area contributed by atoms with Gasteiger partial charge in [-0.05, 0) is 58.1 Å². The molecule has 4 heteroatoms. The van der Waals surface area contributed by atoms with Gasteiger partial charge in [-0.15, -0.1) is 0 Å². The molecule has 0 N–H and O–H groups in total. The highest BCUT2D eigenvalue weighted by Gasteiger charge is 2.11. The van der Waals surface area contributed by atoms with Crippen LogP contribution in [0.15, 0.2) is 42.6 Å². The number of aryl methyl sites for hydroxylation is 1. The highest BCUT2D eigenvalue weighted by Crippen LogP contribution is 2.20. The van der Waals surface area contributed by atoms with Gasteiger partial charge in [0.15, 0.2) is 0 Å². The lowest BCUT2D eigenvalue weighted by Crippen LogP contribution is -2.12. The van der Waals surface area contributed by atoms with Crippen molar-refractivity contribution in [3.8, 4) is 5.88 Å². The minimum absolute atomic E-state index is 0.640. The number of aromatic nitrogens is 1. The molecule has 1 aromatic heterocycles. The predicted molar refractivity (Wildman–Crippen MR) is 109 cm³/mol. The molecule has 1 heterocycles. The van der Waals surface area contributed by atoms with E-state index < -0.39 is 0 Å². The molecule has 0 amide bonds. The van der Waals surface area contributed by atoms with Gasteiger partial charge in [0.2, 0.25) is 5.88 Å². The standard InChI is InChI=1S/C21H28N2OS/c1-17-10-12-18(13-11-17)20(25)19-9-8-14-22-21(19)24-16-7-5-4-6-15-23(2)3/h8-14H,4-7,15-16H2,1-3H3. The van der Waals surface area contributed by atoms with E-state index in [-0.39, 0.29) is 0 Å². The van der Waals surface area contributed by atoms with Crippen molar-refractivity contribution in [3.05, 3.63) is 59.3 Å². The van der Waals surface area contributed by atoms with Crippen LogP contribution < -0.4 is 4.74 Å². The maximum absolute atomic E-state index is 5.92. The van der Waals surface area contributed by atoms with Crippen molar-refractivity contribution in [2.24, 2.45) is 0 Å². The largest absolute Gasteiger partial charge is 0.477 e. The lowest BCUT2D eigenvalue weighted by molar-refractivity contribution is 0.291. The number of rotatable bonds is 10. The number of nitrogens with zero attached hydrogens (tertiary/aromatic N) is 2. The van der Waals surface area contributed by atoms with Crippen LogP contribution >= 0.6 is 12.2 Å². The summed E-state index contributed by atoms with van der Waals surface area (Å²) in [6.45, 7) is 3.91. The fraction of sp³-hybridized carbons (Fsp3) is 0.429. The molecule has 3 nitrogen and oxygen atoms in total. The number of ether oxygens (including phenoxy) is 1. The van der Waals surface area contributed by atoms with Gasteiger partial charge in [-0.1, -0.05) is 54.9 Å². The number of benzene rings is 1. The monoisotopic (exact) mass is 356 g/mol. The fourth-order valence-electron chi connectivity index (χ4n) is 2.59. The second-order valence-corrected chi connectivity index (χ2v) is 7.03. The molecule has 0 spiro atoms. The zero-order chi connectivity index (χ0) is 18.1. The Balaban J connectivity index is 1.88. The summed E-state index contributed by atoms with van der Waals surface area (Å²) in [4.78, 5) is 7.39. The molecule has 0 aliphatic heterocycles. The summed E-state index contributed by atoms with van der Waals surface area (Å²) in [6, 6.07) is 12.2. The van der Waals surface area contributed by atoms with Crippen LogP contribution in [-0.4, -0.2) is 42.0 Å². The molecule has 0 unspecified atom stereocenters. The quantitative estimate of drug-likeness (QED) is 0.351. The summed E-state index contributed by atoms with van der Waals surface area (Å²) >= 11 is 5.65. The smallest absolute Gasteiger partial charge is 0.222 e. The van der Waals surface area contributed by atoms with Crippen molar-refractivity contribution < 1.29 is 4.74 Å². The van der Waals surface area contributed by atoms with E-state index in [0.717, 1.165) is 29.0 Å². The average molecular weight is 357 g/mol. The highest BCUT2D eigenvalue weighted by molar-refractivity contribution is 7.81. The molecular weight excluding hydrogens is 328 g/mol. The van der Waals surface area contributed by atoms with E-state index >= 15 is 0 Å². The number of pyridine rings is 1. The van der Waals surface area contributed by atoms with Gasteiger partial charge in [0.25, 0.3) is 0 Å². The van der Waals surface area contributed by atoms with E-state index in [4.69, 9.17) is 17.0 Å². The first-order chi connectivity index (χ1) is 12.1. The summed E-state index contributed by atoms with van der Waals surface area (Å²) in [7, 11) is 4.23. The van der Waals surface area contributed by atoms with Gasteiger partial charge in [-0.25, -0.2) is 4.98 Å². The maximum Gasteiger partial charge on any atom is 0.222 e. The summed E-state index contributed by atoms with van der Waals surface area (Å²) in [5.74, 6) is 0.640. The number of unbranched alkanes of at least 4 members (excludes halogenated alkanes) is 3. The molecule has 0 aliphatic rings. The predicted octanol–water partition coefficient (Wildman–Crippen LogP) is 4.66. The molecule has 0 aliphatic carbocycles. The van der Waals surface area contributed by atoms with E-state index in [9.17, 15) is 0 Å². The molecule has 0 bridgehead atoms. The molecular formula is C21H28N2OS. The van der Waals surface area contributed by atoms with Gasteiger partial charge in [-0.2, -0.15) is 0 Å². The molecule has 0 atom stereocenters. The summed E-state index contributed by atoms with van der Waals surface area (Å²) in [6.07, 6.45) is 6.45. The highest BCUT2D eigenvalue weighted by atomic mass is 32.1. The Bertz CT molecular complexity index is 668. The molecule has 0 fully saturated rings. The van der Waals surface area contributed by atoms with Crippen molar-refractivity contribution in [2.45, 2.75) is 32.6 Å². The van der Waals surface area contributed by atoms with Gasteiger partial charge in [0.05, 0.1) is 17.0 Å². The van der Waals surface area contributed by atoms with Crippen LogP contribution in [0.2, 0.25) is 0 Å². The molecule has 1 aromatic carbocycles. The minimum Gasteiger partial charge on any atom is -0.477 e. The van der Waals surface area contributed by atoms with Gasteiger partial charge in [-0.3, -0.25) is 0 Å². The Morgan fingerprint density at radius 2 is 1.76 bits per heavy atom. The fourth-order valence-corrected chi connectivity index (χ4v) is 2.88. The third-order valence-corrected chi connectivity index (χ3v) is 4.52. The van der Waals surface area contributed by atoms with E-state index in [1.54, 1.807) is 6.20 Å². The van der Waals surface area contributed by atoms with E-state index in [1.165, 1.54) is 24.8 Å². The summed E-state index contributed by atoms with van der Waals surface area (Å²) in [5.41, 5.74) is 3.15. The van der Waals surface area contributed by atoms with Crippen molar-refractivity contribution in [1.82, 2.24) is 9.88 Å². The first kappa shape index (κ1) is 19.5. The normalized spacial score (nSPS) is 10.9. The topological polar surface area (TPSA) is 25.4 Å². The van der Waals surface area contributed by atoms with Gasteiger partial charge >= 0.3 is 0 Å². The van der Waals surface area contributed by atoms with Crippen molar-refractivity contribution in [2.75, 3.05) is 27.2 Å². The van der Waals surface area contributed by atoms with Gasteiger partial charge < -0.3 is 9.64 Å². The Kier molecular flexibility index (Phi) is 8.02. The lowest BCUT2D eigenvalue weighted by Gasteiger charge is -2.12. The number of hydrogen-bond donors (Lipinski definition) is 0. The Hall–Kier alpha value is -1.78. The van der Waals surface area contributed by atoms with Gasteiger partial charge in [0, 0.05) is 6.20 Å². The van der Waals surface area contributed by atoms with Crippen LogP contribution in [0.3, 0.4) is 0 Å². The SMILES string of the molecule is Cc1ccc(C(=S)c2cccnc2OCCCCCCN(C)C)cc1. The molecule has 2 rings (SSSR count). The molecule has 25 heavy (non-hydrogen) atoms. The minimum atomic E-state index is 0.640. The maximum atomic E-state index is 5.92. The van der Waals surface area contributed by atoms with Crippen molar-refractivity contribution in [1.29, 1.82) is 0 Å². The van der Waals surface area contributed by atoms with Gasteiger partial charge in [0.1, 0.15) is 0 Å². The second-order valence-electron chi connectivity index (χ2n) is 6.62. The Labute approximate surface area is 157 Å². The third kappa shape index (κ3) is 6.56. The second kappa shape index (κ2) is 10.3. The zero-order valence-corrected chi connectivity index (χ0v) is 16.3. The molecule has 2 aromatic rings. The van der Waals surface area contributed by atoms with Crippen LogP contribution in [0.4, 0.5) is 0 Å². The lowest BCUT2D eigenvalue weighted by atomic mass is 10.0. The zero-order valence-electron chi connectivity index (χ0n) is 15.5. The first-order valence-corrected chi connectivity index (χ1v) is 9.32. The third-order valence-electron chi connectivity index (χ3n) is 4.07. The Morgan fingerprint density at radius 3 is 2.48 bits per heavy atom. The first-order valence-electron chi connectivity index (χ1n) is 8.92. The van der Waals surface area contributed by atoms with E-state index in [1.807, 2.05) is 12.1 Å². The molecule has 134 valence electrons. The number of hydrogen-bond acceptors (Lipinski definition) is 4. The average Bonchev–Trinajstić information content (AvgIpc) is 2.61. The Morgan fingerprint density at radius 1 is 1.04 bits per heavy atom. The van der Waals surface area contributed by atoms with E-state index in [0.29, 0.717) is 12.5 Å².